The van der Waals surface area contributed by atoms with E-state index in [1.807, 2.05) is 13.8 Å². The van der Waals surface area contributed by atoms with Gasteiger partial charge in [0.2, 0.25) is 5.91 Å². The third kappa shape index (κ3) is 4.27. The average Bonchev–Trinajstić information content (AvgIpc) is 3.20. The summed E-state index contributed by atoms with van der Waals surface area (Å²) in [6.45, 7) is 13.6. The molecule has 170 valence electrons. The minimum absolute atomic E-state index is 0.104. The highest BCUT2D eigenvalue weighted by molar-refractivity contribution is 5.80. The Bertz CT molecular complexity index is 1120. The van der Waals surface area contributed by atoms with E-state index in [0.717, 1.165) is 48.3 Å². The number of likely N-dealkylation sites (tertiary alicyclic amines) is 1. The normalized spacial score (nSPS) is 17.2. The summed E-state index contributed by atoms with van der Waals surface area (Å²) in [4.78, 5) is 24.6. The van der Waals surface area contributed by atoms with Crippen LogP contribution in [0.15, 0.2) is 24.3 Å². The topological polar surface area (TPSA) is 63.4 Å². The van der Waals surface area contributed by atoms with Gasteiger partial charge in [0.15, 0.2) is 5.82 Å². The number of aromatic nitrogens is 4. The molecule has 3 heterocycles. The van der Waals surface area contributed by atoms with E-state index in [4.69, 9.17) is 10.1 Å². The van der Waals surface area contributed by atoms with Crippen LogP contribution in [0.3, 0.4) is 0 Å². The maximum atomic E-state index is 13.2. The fourth-order valence-electron chi connectivity index (χ4n) is 4.71. The van der Waals surface area contributed by atoms with Gasteiger partial charge < -0.3 is 4.90 Å². The lowest BCUT2D eigenvalue weighted by Gasteiger charge is -2.35. The summed E-state index contributed by atoms with van der Waals surface area (Å²) in [5.41, 5.74) is 5.11. The Kier molecular flexibility index (Phi) is 6.06. The summed E-state index contributed by atoms with van der Waals surface area (Å²) < 4.78 is 1.79. The maximum absolute atomic E-state index is 13.2. The molecule has 32 heavy (non-hydrogen) atoms. The lowest BCUT2D eigenvalue weighted by atomic mass is 9.87. The molecule has 1 fully saturated rings. The van der Waals surface area contributed by atoms with Gasteiger partial charge in [0.05, 0.1) is 6.42 Å². The van der Waals surface area contributed by atoms with Crippen LogP contribution in [0.5, 0.6) is 0 Å². The predicted octanol–water partition coefficient (Wildman–Crippen LogP) is 5.04. The second kappa shape index (κ2) is 8.64. The third-order valence-electron chi connectivity index (χ3n) is 6.80. The second-order valence-corrected chi connectivity index (χ2v) is 10.1. The molecule has 1 saturated heterocycles. The number of carbonyl (C=O) groups excluding carboxylic acids is 1. The molecule has 3 aromatic rings. The fraction of sp³-hybridized carbons (Fsp3) is 0.538. The number of piperidine rings is 1. The predicted molar refractivity (Wildman–Crippen MR) is 128 cm³/mol. The number of fused-ring (bicyclic) bond motifs is 1. The van der Waals surface area contributed by atoms with Crippen LogP contribution in [-0.2, 0) is 16.6 Å². The van der Waals surface area contributed by atoms with Crippen LogP contribution in [-0.4, -0.2) is 43.0 Å². The first-order valence-electron chi connectivity index (χ1n) is 11.8. The van der Waals surface area contributed by atoms with Crippen LogP contribution < -0.4 is 0 Å². The zero-order valence-electron chi connectivity index (χ0n) is 20.3. The summed E-state index contributed by atoms with van der Waals surface area (Å²) in [6, 6.07) is 8.79. The monoisotopic (exact) mass is 433 g/mol. The van der Waals surface area contributed by atoms with Crippen molar-refractivity contribution in [2.24, 2.45) is 0 Å². The van der Waals surface area contributed by atoms with Gasteiger partial charge >= 0.3 is 0 Å². The Morgan fingerprint density at radius 3 is 2.47 bits per heavy atom. The lowest BCUT2D eigenvalue weighted by molar-refractivity contribution is -0.134. The van der Waals surface area contributed by atoms with Gasteiger partial charge in [-0.05, 0) is 50.5 Å². The summed E-state index contributed by atoms with van der Waals surface area (Å²) in [6.07, 6.45) is 4.80. The molecule has 0 saturated carbocycles. The van der Waals surface area contributed by atoms with Crippen molar-refractivity contribution in [2.45, 2.75) is 85.1 Å². The molecule has 4 rings (SSSR count). The third-order valence-corrected chi connectivity index (χ3v) is 6.80. The summed E-state index contributed by atoms with van der Waals surface area (Å²) in [7, 11) is 0. The van der Waals surface area contributed by atoms with E-state index in [2.05, 4.69) is 61.8 Å². The second-order valence-electron chi connectivity index (χ2n) is 10.1. The number of benzene rings is 1. The number of rotatable bonds is 4. The Morgan fingerprint density at radius 1 is 1.09 bits per heavy atom. The van der Waals surface area contributed by atoms with Crippen molar-refractivity contribution in [3.8, 4) is 11.4 Å². The quantitative estimate of drug-likeness (QED) is 0.578. The number of hydrogen-bond donors (Lipinski definition) is 0. The van der Waals surface area contributed by atoms with Gasteiger partial charge in [0.1, 0.15) is 0 Å². The molecule has 6 heteroatoms. The lowest BCUT2D eigenvalue weighted by Crippen LogP contribution is -2.44. The Morgan fingerprint density at radius 2 is 1.81 bits per heavy atom. The van der Waals surface area contributed by atoms with Gasteiger partial charge in [-0.15, -0.1) is 5.10 Å². The molecule has 1 aliphatic heterocycles. The highest BCUT2D eigenvalue weighted by Gasteiger charge is 2.27. The van der Waals surface area contributed by atoms with Gasteiger partial charge in [0, 0.05) is 35.1 Å². The highest BCUT2D eigenvalue weighted by Crippen LogP contribution is 2.26. The summed E-state index contributed by atoms with van der Waals surface area (Å²) in [5, 5.41) is 4.75. The summed E-state index contributed by atoms with van der Waals surface area (Å²) >= 11 is 0. The first-order chi connectivity index (χ1) is 15.2. The van der Waals surface area contributed by atoms with Crippen LogP contribution >= 0.6 is 0 Å². The van der Waals surface area contributed by atoms with Crippen LogP contribution in [0.4, 0.5) is 0 Å². The van der Waals surface area contributed by atoms with E-state index in [9.17, 15) is 4.79 Å². The molecule has 6 nitrogen and oxygen atoms in total. The van der Waals surface area contributed by atoms with Crippen LogP contribution in [0.25, 0.3) is 17.2 Å². The molecule has 0 bridgehead atoms. The zero-order chi connectivity index (χ0) is 23.0. The molecule has 0 aliphatic carbocycles. The fourth-order valence-corrected chi connectivity index (χ4v) is 4.71. The van der Waals surface area contributed by atoms with E-state index in [-0.39, 0.29) is 11.3 Å². The Labute approximate surface area is 191 Å². The van der Waals surface area contributed by atoms with E-state index >= 15 is 0 Å². The molecule has 2 aromatic heterocycles. The van der Waals surface area contributed by atoms with Crippen molar-refractivity contribution in [3.05, 3.63) is 46.8 Å². The van der Waals surface area contributed by atoms with E-state index < -0.39 is 0 Å². The minimum atomic E-state index is 0.104. The molecule has 1 amide bonds. The molecule has 0 radical (unpaired) electrons. The van der Waals surface area contributed by atoms with Gasteiger partial charge in [0.25, 0.3) is 5.78 Å². The van der Waals surface area contributed by atoms with Crippen molar-refractivity contribution in [1.29, 1.82) is 0 Å². The van der Waals surface area contributed by atoms with Gasteiger partial charge in [-0.3, -0.25) is 4.79 Å². The van der Waals surface area contributed by atoms with Crippen molar-refractivity contribution in [3.63, 3.8) is 0 Å². The molecule has 1 aromatic carbocycles. The molecular weight excluding hydrogens is 398 g/mol. The Hall–Kier alpha value is -2.76. The molecule has 0 N–H and O–H groups in total. The van der Waals surface area contributed by atoms with Crippen molar-refractivity contribution in [1.82, 2.24) is 24.5 Å². The van der Waals surface area contributed by atoms with Crippen molar-refractivity contribution >= 4 is 11.7 Å². The van der Waals surface area contributed by atoms with Crippen LogP contribution in [0.1, 0.15) is 75.9 Å². The van der Waals surface area contributed by atoms with Gasteiger partial charge in [-0.25, -0.2) is 9.50 Å². The van der Waals surface area contributed by atoms with Gasteiger partial charge in [-0.1, -0.05) is 52.0 Å². The first kappa shape index (κ1) is 22.4. The van der Waals surface area contributed by atoms with Gasteiger partial charge in [-0.2, -0.15) is 4.98 Å². The Balaban J connectivity index is 1.64. The van der Waals surface area contributed by atoms with E-state index in [0.29, 0.717) is 24.1 Å². The molecule has 1 unspecified atom stereocenters. The standard InChI is InChI=1S/C26H35N5O/c1-7-21-10-8-9-15-30(21)23(32)16-22-17(2)27-25-28-24(29-31(25)18(22)3)19-11-13-20(14-12-19)26(4,5)6/h11-14,21H,7-10,15-16H2,1-6H3. The maximum Gasteiger partial charge on any atom is 0.253 e. The average molecular weight is 434 g/mol. The number of amides is 1. The molecule has 1 aliphatic rings. The SMILES string of the molecule is CCC1CCCCN1C(=O)Cc1c(C)nc2nc(-c3ccc(C(C)(C)C)cc3)nn2c1C. The minimum Gasteiger partial charge on any atom is -0.339 e. The smallest absolute Gasteiger partial charge is 0.253 e. The highest BCUT2D eigenvalue weighted by atomic mass is 16.2. The van der Waals surface area contributed by atoms with E-state index in [1.165, 1.54) is 12.0 Å². The van der Waals surface area contributed by atoms with Crippen molar-refractivity contribution < 1.29 is 4.79 Å². The van der Waals surface area contributed by atoms with E-state index in [1.54, 1.807) is 4.52 Å². The number of hydrogen-bond acceptors (Lipinski definition) is 4. The molecule has 1 atom stereocenters. The zero-order valence-corrected chi connectivity index (χ0v) is 20.3. The van der Waals surface area contributed by atoms with Crippen LogP contribution in [0, 0.1) is 13.8 Å². The molecular formula is C26H35N5O. The number of aryl methyl sites for hydroxylation is 2. The number of nitrogens with zero attached hydrogens (tertiary/aromatic N) is 5. The molecule has 0 spiro atoms. The van der Waals surface area contributed by atoms with Crippen molar-refractivity contribution in [2.75, 3.05) is 6.54 Å². The number of carbonyl (C=O) groups is 1. The largest absolute Gasteiger partial charge is 0.339 e. The van der Waals surface area contributed by atoms with Crippen LogP contribution in [0.2, 0.25) is 0 Å². The first-order valence-corrected chi connectivity index (χ1v) is 11.8. The summed E-state index contributed by atoms with van der Waals surface area (Å²) in [5.74, 6) is 1.43.